The van der Waals surface area contributed by atoms with Crippen molar-refractivity contribution >= 4 is 55.7 Å². The molecule has 0 saturated heterocycles. The summed E-state index contributed by atoms with van der Waals surface area (Å²) in [5, 5.41) is 18.0. The van der Waals surface area contributed by atoms with Crippen molar-refractivity contribution in [2.24, 2.45) is 0 Å². The van der Waals surface area contributed by atoms with Gasteiger partial charge in [-0.2, -0.15) is 0 Å². The molecule has 0 fully saturated rings. The number of rotatable bonds is 6. The first-order valence-corrected chi connectivity index (χ1v) is 9.45. The molecule has 2 N–H and O–H groups in total. The second kappa shape index (κ2) is 8.09. The van der Waals surface area contributed by atoms with Crippen LogP contribution in [0.25, 0.3) is 10.2 Å². The van der Waals surface area contributed by atoms with Crippen LogP contribution in [0.4, 0.5) is 28.1 Å². The number of anilines is 4. The van der Waals surface area contributed by atoms with Gasteiger partial charge in [-0.25, -0.2) is 19.7 Å². The number of para-hydroxylation sites is 2. The Hall–Kier alpha value is -4.12. The number of nitro groups is 1. The van der Waals surface area contributed by atoms with Crippen molar-refractivity contribution in [2.45, 2.75) is 0 Å². The number of esters is 1. The third-order valence-corrected chi connectivity index (χ3v) is 5.06. The number of thiazole rings is 1. The molecule has 2 heterocycles. The second-order valence-electron chi connectivity index (χ2n) is 5.95. The number of hydrogen-bond donors (Lipinski definition) is 2. The smallest absolute Gasteiger partial charge is 0.353 e. The Morgan fingerprint density at radius 3 is 2.50 bits per heavy atom. The van der Waals surface area contributed by atoms with Gasteiger partial charge in [-0.05, 0) is 24.3 Å². The van der Waals surface area contributed by atoms with E-state index in [2.05, 4.69) is 25.6 Å². The van der Waals surface area contributed by atoms with E-state index in [9.17, 15) is 14.9 Å². The standard InChI is InChI=1S/C19H14N6O4S/c1-29-18(26)11-6-2-3-7-12(11)22-16-15(25(27)28)17(21-10-20-16)24-19-23-13-8-4-5-9-14(13)30-19/h2-10H,1H3,(H2,20,21,22,23,24). The summed E-state index contributed by atoms with van der Waals surface area (Å²) in [6, 6.07) is 14.0. The van der Waals surface area contributed by atoms with E-state index in [0.29, 0.717) is 10.8 Å². The average molecular weight is 422 g/mol. The third-order valence-electron chi connectivity index (χ3n) is 4.11. The number of aromatic nitrogens is 3. The van der Waals surface area contributed by atoms with E-state index in [0.717, 1.165) is 10.2 Å². The van der Waals surface area contributed by atoms with Crippen LogP contribution in [0, 0.1) is 10.1 Å². The van der Waals surface area contributed by atoms with Gasteiger partial charge in [-0.3, -0.25) is 10.1 Å². The monoisotopic (exact) mass is 422 g/mol. The third kappa shape index (κ3) is 3.73. The maximum Gasteiger partial charge on any atom is 0.353 e. The number of carbonyl (C=O) groups is 1. The summed E-state index contributed by atoms with van der Waals surface area (Å²) in [6.45, 7) is 0. The van der Waals surface area contributed by atoms with E-state index in [4.69, 9.17) is 4.74 Å². The fourth-order valence-corrected chi connectivity index (χ4v) is 3.63. The fraction of sp³-hybridized carbons (Fsp3) is 0.0526. The van der Waals surface area contributed by atoms with Gasteiger partial charge in [0.15, 0.2) is 5.13 Å². The van der Waals surface area contributed by atoms with Crippen molar-refractivity contribution in [3.8, 4) is 0 Å². The molecule has 2 aromatic carbocycles. The second-order valence-corrected chi connectivity index (χ2v) is 6.98. The Labute approximate surface area is 173 Å². The molecule has 0 aliphatic rings. The highest BCUT2D eigenvalue weighted by molar-refractivity contribution is 7.22. The molecule has 4 aromatic rings. The number of nitrogens with one attached hydrogen (secondary N) is 2. The molecule has 11 heteroatoms. The molecule has 0 bridgehead atoms. The SMILES string of the molecule is COC(=O)c1ccccc1Nc1ncnc(Nc2nc3ccccc3s2)c1[N+](=O)[O-]. The van der Waals surface area contributed by atoms with E-state index in [1.165, 1.54) is 24.8 Å². The lowest BCUT2D eigenvalue weighted by molar-refractivity contribution is -0.383. The molecule has 0 atom stereocenters. The number of ether oxygens (including phenoxy) is 1. The highest BCUT2D eigenvalue weighted by Gasteiger charge is 2.25. The first kappa shape index (κ1) is 19.2. The average Bonchev–Trinajstić information content (AvgIpc) is 3.16. The van der Waals surface area contributed by atoms with Crippen LogP contribution in [0.1, 0.15) is 10.4 Å². The minimum Gasteiger partial charge on any atom is -0.465 e. The van der Waals surface area contributed by atoms with Gasteiger partial charge >= 0.3 is 11.7 Å². The fourth-order valence-electron chi connectivity index (χ4n) is 2.77. The Bertz CT molecular complexity index is 1230. The minimum absolute atomic E-state index is 0.0212. The molecule has 4 rings (SSSR count). The molecule has 0 spiro atoms. The summed E-state index contributed by atoms with van der Waals surface area (Å²) in [6.07, 6.45) is 1.19. The van der Waals surface area contributed by atoms with Crippen molar-refractivity contribution in [2.75, 3.05) is 17.7 Å². The van der Waals surface area contributed by atoms with Crippen LogP contribution >= 0.6 is 11.3 Å². The van der Waals surface area contributed by atoms with Crippen LogP contribution in [0.2, 0.25) is 0 Å². The van der Waals surface area contributed by atoms with Gasteiger partial charge in [0.05, 0.1) is 33.5 Å². The summed E-state index contributed by atoms with van der Waals surface area (Å²) in [7, 11) is 1.26. The lowest BCUT2D eigenvalue weighted by Crippen LogP contribution is -2.09. The first-order chi connectivity index (χ1) is 14.6. The predicted molar refractivity (Wildman–Crippen MR) is 113 cm³/mol. The summed E-state index contributed by atoms with van der Waals surface area (Å²) >= 11 is 1.34. The van der Waals surface area contributed by atoms with E-state index < -0.39 is 10.9 Å². The topological polar surface area (TPSA) is 132 Å². The lowest BCUT2D eigenvalue weighted by atomic mass is 10.2. The molecule has 150 valence electrons. The van der Waals surface area contributed by atoms with E-state index >= 15 is 0 Å². The van der Waals surface area contributed by atoms with Crippen LogP contribution in [0.15, 0.2) is 54.9 Å². The first-order valence-electron chi connectivity index (χ1n) is 8.63. The molecular weight excluding hydrogens is 408 g/mol. The molecule has 10 nitrogen and oxygen atoms in total. The van der Waals surface area contributed by atoms with Crippen molar-refractivity contribution in [3.63, 3.8) is 0 Å². The molecule has 2 aromatic heterocycles. The summed E-state index contributed by atoms with van der Waals surface area (Å²) in [4.78, 5) is 35.6. The van der Waals surface area contributed by atoms with Gasteiger partial charge in [0.1, 0.15) is 6.33 Å². The highest BCUT2D eigenvalue weighted by Crippen LogP contribution is 2.35. The molecule has 0 aliphatic carbocycles. The van der Waals surface area contributed by atoms with Crippen LogP contribution in [-0.4, -0.2) is 33.0 Å². The Kier molecular flexibility index (Phi) is 5.18. The van der Waals surface area contributed by atoms with Gasteiger partial charge in [-0.1, -0.05) is 35.6 Å². The summed E-state index contributed by atoms with van der Waals surface area (Å²) in [5.74, 6) is -0.676. The molecule has 0 saturated carbocycles. The maximum atomic E-state index is 12.0. The molecular formula is C19H14N6O4S. The normalized spacial score (nSPS) is 10.6. The minimum atomic E-state index is -0.598. The van der Waals surface area contributed by atoms with Gasteiger partial charge in [0, 0.05) is 0 Å². The highest BCUT2D eigenvalue weighted by atomic mass is 32.1. The van der Waals surface area contributed by atoms with Crippen LogP contribution in [0.3, 0.4) is 0 Å². The lowest BCUT2D eigenvalue weighted by Gasteiger charge is -2.11. The zero-order valence-electron chi connectivity index (χ0n) is 15.5. The molecule has 0 unspecified atom stereocenters. The van der Waals surface area contributed by atoms with Gasteiger partial charge in [-0.15, -0.1) is 0 Å². The van der Waals surface area contributed by atoms with Crippen LogP contribution in [0.5, 0.6) is 0 Å². The summed E-state index contributed by atoms with van der Waals surface area (Å²) in [5.41, 5.74) is 0.925. The molecule has 0 amide bonds. The zero-order chi connectivity index (χ0) is 21.1. The van der Waals surface area contributed by atoms with E-state index in [1.54, 1.807) is 24.3 Å². The Balaban J connectivity index is 1.72. The van der Waals surface area contributed by atoms with Crippen LogP contribution < -0.4 is 10.6 Å². The summed E-state index contributed by atoms with van der Waals surface area (Å²) < 4.78 is 5.69. The number of hydrogen-bond acceptors (Lipinski definition) is 10. The number of benzene rings is 2. The molecule has 0 radical (unpaired) electrons. The number of methoxy groups -OCH3 is 1. The zero-order valence-corrected chi connectivity index (χ0v) is 16.3. The van der Waals surface area contributed by atoms with E-state index in [-0.39, 0.29) is 22.9 Å². The molecule has 0 aliphatic heterocycles. The largest absolute Gasteiger partial charge is 0.465 e. The quantitative estimate of drug-likeness (QED) is 0.265. The van der Waals surface area contributed by atoms with Crippen molar-refractivity contribution < 1.29 is 14.5 Å². The maximum absolute atomic E-state index is 12.0. The molecule has 30 heavy (non-hydrogen) atoms. The number of nitrogens with zero attached hydrogens (tertiary/aromatic N) is 4. The predicted octanol–water partition coefficient (Wildman–Crippen LogP) is 4.27. The Morgan fingerprint density at radius 1 is 1.07 bits per heavy atom. The van der Waals surface area contributed by atoms with Crippen molar-refractivity contribution in [3.05, 3.63) is 70.5 Å². The van der Waals surface area contributed by atoms with Crippen molar-refractivity contribution in [1.29, 1.82) is 0 Å². The van der Waals surface area contributed by atoms with Gasteiger partial charge in [0.2, 0.25) is 11.6 Å². The number of carbonyl (C=O) groups excluding carboxylic acids is 1. The number of fused-ring (bicyclic) bond motifs is 1. The van der Waals surface area contributed by atoms with Crippen molar-refractivity contribution in [1.82, 2.24) is 15.0 Å². The Morgan fingerprint density at radius 2 is 1.77 bits per heavy atom. The van der Waals surface area contributed by atoms with Gasteiger partial charge in [0.25, 0.3) is 0 Å². The van der Waals surface area contributed by atoms with Gasteiger partial charge < -0.3 is 15.4 Å². The van der Waals surface area contributed by atoms with E-state index in [1.807, 2.05) is 24.3 Å². The van der Waals surface area contributed by atoms with Crippen LogP contribution in [-0.2, 0) is 4.74 Å².